The molecule has 5 nitrogen and oxygen atoms in total. The van der Waals surface area contributed by atoms with Crippen LogP contribution in [0.2, 0.25) is 0 Å². The second kappa shape index (κ2) is 6.48. The molecule has 0 aliphatic rings. The van der Waals surface area contributed by atoms with Gasteiger partial charge in [0, 0.05) is 6.20 Å². The van der Waals surface area contributed by atoms with Gasteiger partial charge in [-0.2, -0.15) is 0 Å². The molecule has 0 radical (unpaired) electrons. The summed E-state index contributed by atoms with van der Waals surface area (Å²) in [5, 5.41) is 11.0. The van der Waals surface area contributed by atoms with Crippen molar-refractivity contribution < 1.29 is 28.2 Å². The van der Waals surface area contributed by atoms with Crippen LogP contribution in [0.1, 0.15) is 6.92 Å². The van der Waals surface area contributed by atoms with Crippen molar-refractivity contribution in [2.75, 3.05) is 11.9 Å². The predicted molar refractivity (Wildman–Crippen MR) is 62.3 cm³/mol. The Hall–Kier alpha value is -2.44. The van der Waals surface area contributed by atoms with Crippen molar-refractivity contribution in [3.8, 4) is 0 Å². The number of nitrogens with one attached hydrogen (secondary N) is 1. The Morgan fingerprint density at radius 1 is 1.42 bits per heavy atom. The van der Waals surface area contributed by atoms with Crippen molar-refractivity contribution in [1.82, 2.24) is 0 Å². The summed E-state index contributed by atoms with van der Waals surface area (Å²) in [6.07, 6.45) is 0.748. The molecule has 1 aromatic carbocycles. The minimum atomic E-state index is -1.54. The summed E-state index contributed by atoms with van der Waals surface area (Å²) < 4.78 is 30.7. The van der Waals surface area contributed by atoms with Gasteiger partial charge in [-0.3, -0.25) is 0 Å². The molecule has 0 fully saturated rings. The van der Waals surface area contributed by atoms with Crippen LogP contribution in [0, 0.1) is 11.6 Å². The van der Waals surface area contributed by atoms with E-state index in [1.54, 1.807) is 0 Å². The molecule has 0 aliphatic heterocycles. The van der Waals surface area contributed by atoms with Crippen molar-refractivity contribution in [1.29, 1.82) is 0 Å². The highest BCUT2D eigenvalue weighted by Crippen LogP contribution is 2.16. The molecule has 1 rings (SSSR count). The summed E-state index contributed by atoms with van der Waals surface area (Å²) >= 11 is 0. The molecule has 0 saturated heterocycles. The quantitative estimate of drug-likeness (QED) is 0.370. The van der Waals surface area contributed by atoms with Crippen LogP contribution in [-0.2, 0) is 14.3 Å². The number of rotatable bonds is 5. The van der Waals surface area contributed by atoms with E-state index >= 15 is 0 Å². The van der Waals surface area contributed by atoms with E-state index in [0.29, 0.717) is 0 Å². The predicted octanol–water partition coefficient (Wildman–Crippen LogP) is 1.91. The molecule has 0 atom stereocenters. The smallest absolute Gasteiger partial charge is 0.347 e. The van der Waals surface area contributed by atoms with Crippen molar-refractivity contribution >= 4 is 17.6 Å². The van der Waals surface area contributed by atoms with Crippen LogP contribution in [0.4, 0.5) is 14.5 Å². The molecule has 0 saturated carbocycles. The molecule has 1 aromatic rings. The summed E-state index contributed by atoms with van der Waals surface area (Å²) in [6.45, 7) is 1.51. The Morgan fingerprint density at radius 2 is 2.11 bits per heavy atom. The maximum atomic E-state index is 13.3. The van der Waals surface area contributed by atoms with Crippen LogP contribution >= 0.6 is 0 Å². The molecule has 0 aromatic heterocycles. The highest BCUT2D eigenvalue weighted by Gasteiger charge is 2.18. The van der Waals surface area contributed by atoms with Gasteiger partial charge in [-0.05, 0) is 19.1 Å². The first-order valence-electron chi connectivity index (χ1n) is 5.28. The van der Waals surface area contributed by atoms with Gasteiger partial charge >= 0.3 is 11.9 Å². The minimum absolute atomic E-state index is 0.00220. The van der Waals surface area contributed by atoms with Crippen molar-refractivity contribution in [3.05, 3.63) is 41.6 Å². The Bertz CT molecular complexity index is 528. The lowest BCUT2D eigenvalue weighted by Crippen LogP contribution is -2.16. The number of esters is 1. The Labute approximate surface area is 107 Å². The van der Waals surface area contributed by atoms with Gasteiger partial charge in [0.25, 0.3) is 0 Å². The summed E-state index contributed by atoms with van der Waals surface area (Å²) in [4.78, 5) is 22.1. The monoisotopic (exact) mass is 271 g/mol. The largest absolute Gasteiger partial charge is 0.477 e. The molecular weight excluding hydrogens is 260 g/mol. The summed E-state index contributed by atoms with van der Waals surface area (Å²) in [5.74, 6) is -4.87. The van der Waals surface area contributed by atoms with Crippen molar-refractivity contribution in [2.24, 2.45) is 0 Å². The molecule has 0 amide bonds. The van der Waals surface area contributed by atoms with Gasteiger partial charge in [0.15, 0.2) is 17.2 Å². The lowest BCUT2D eigenvalue weighted by atomic mass is 10.2. The second-order valence-corrected chi connectivity index (χ2v) is 3.33. The van der Waals surface area contributed by atoms with E-state index in [0.717, 1.165) is 12.3 Å². The molecule has 19 heavy (non-hydrogen) atoms. The molecule has 0 bridgehead atoms. The molecule has 0 unspecified atom stereocenters. The van der Waals surface area contributed by atoms with Crippen LogP contribution in [0.3, 0.4) is 0 Å². The number of halogens is 2. The van der Waals surface area contributed by atoms with Gasteiger partial charge in [0.1, 0.15) is 0 Å². The zero-order valence-electron chi connectivity index (χ0n) is 9.94. The standard InChI is InChI=1S/C12H11F2NO4/c1-2-19-12(18)7(11(16)17)6-15-9-5-3-4-8(13)10(9)14/h3-6,15H,2H2,1H3,(H,16,17). The average molecular weight is 271 g/mol. The highest BCUT2D eigenvalue weighted by molar-refractivity contribution is 6.13. The Balaban J connectivity index is 2.96. The number of carboxylic acid groups (broad SMARTS) is 1. The molecular formula is C12H11F2NO4. The summed E-state index contributed by atoms with van der Waals surface area (Å²) in [7, 11) is 0. The van der Waals surface area contributed by atoms with Gasteiger partial charge in [0.2, 0.25) is 0 Å². The first-order chi connectivity index (χ1) is 8.97. The molecule has 0 spiro atoms. The molecule has 0 aliphatic carbocycles. The third-order valence-corrected chi connectivity index (χ3v) is 2.05. The van der Waals surface area contributed by atoms with E-state index in [2.05, 4.69) is 10.1 Å². The van der Waals surface area contributed by atoms with Crippen LogP contribution < -0.4 is 5.32 Å². The Morgan fingerprint density at radius 3 is 2.68 bits per heavy atom. The number of aliphatic carboxylic acids is 1. The van der Waals surface area contributed by atoms with E-state index in [-0.39, 0.29) is 12.3 Å². The number of hydrogen-bond acceptors (Lipinski definition) is 4. The number of benzene rings is 1. The SMILES string of the molecule is CCOC(=O)C(=CNc1cccc(F)c1F)C(=O)O. The normalized spacial score (nSPS) is 11.0. The van der Waals surface area contributed by atoms with Crippen LogP contribution in [0.25, 0.3) is 0 Å². The third-order valence-electron chi connectivity index (χ3n) is 2.05. The zero-order chi connectivity index (χ0) is 14.4. The molecule has 0 heterocycles. The number of ether oxygens (including phenoxy) is 1. The van der Waals surface area contributed by atoms with E-state index < -0.39 is 29.1 Å². The van der Waals surface area contributed by atoms with Gasteiger partial charge in [-0.25, -0.2) is 18.4 Å². The number of carbonyl (C=O) groups is 2. The Kier molecular flexibility index (Phi) is 4.99. The maximum Gasteiger partial charge on any atom is 0.347 e. The van der Waals surface area contributed by atoms with Crippen molar-refractivity contribution in [2.45, 2.75) is 6.92 Å². The molecule has 2 N–H and O–H groups in total. The third kappa shape index (κ3) is 3.77. The second-order valence-electron chi connectivity index (χ2n) is 3.33. The number of carboxylic acids is 1. The molecule has 102 valence electrons. The minimum Gasteiger partial charge on any atom is -0.477 e. The lowest BCUT2D eigenvalue weighted by molar-refractivity contribution is -0.143. The van der Waals surface area contributed by atoms with Crippen LogP contribution in [0.15, 0.2) is 30.0 Å². The lowest BCUT2D eigenvalue weighted by Gasteiger charge is -2.05. The van der Waals surface area contributed by atoms with Gasteiger partial charge in [-0.1, -0.05) is 6.07 Å². The molecule has 7 heteroatoms. The number of hydrogen-bond donors (Lipinski definition) is 2. The number of anilines is 1. The maximum absolute atomic E-state index is 13.3. The summed E-state index contributed by atoms with van der Waals surface area (Å²) in [6, 6.07) is 3.34. The van der Waals surface area contributed by atoms with E-state index in [1.807, 2.05) is 0 Å². The average Bonchev–Trinajstić information content (AvgIpc) is 2.34. The van der Waals surface area contributed by atoms with Crippen molar-refractivity contribution in [3.63, 3.8) is 0 Å². The first kappa shape index (κ1) is 14.6. The van der Waals surface area contributed by atoms with Gasteiger partial charge in [-0.15, -0.1) is 0 Å². The van der Waals surface area contributed by atoms with Gasteiger partial charge in [0.05, 0.1) is 12.3 Å². The van der Waals surface area contributed by atoms with E-state index in [4.69, 9.17) is 5.11 Å². The van der Waals surface area contributed by atoms with E-state index in [1.165, 1.54) is 19.1 Å². The highest BCUT2D eigenvalue weighted by atomic mass is 19.2. The van der Waals surface area contributed by atoms with Crippen LogP contribution in [-0.4, -0.2) is 23.7 Å². The zero-order valence-corrected chi connectivity index (χ0v) is 9.94. The first-order valence-corrected chi connectivity index (χ1v) is 5.28. The number of carbonyl (C=O) groups excluding carboxylic acids is 1. The van der Waals surface area contributed by atoms with Crippen LogP contribution in [0.5, 0.6) is 0 Å². The summed E-state index contributed by atoms with van der Waals surface area (Å²) in [5.41, 5.74) is -1.01. The fourth-order valence-electron chi connectivity index (χ4n) is 1.18. The topological polar surface area (TPSA) is 75.6 Å². The fourth-order valence-corrected chi connectivity index (χ4v) is 1.18. The fraction of sp³-hybridized carbons (Fsp3) is 0.167. The van der Waals surface area contributed by atoms with E-state index in [9.17, 15) is 18.4 Å². The van der Waals surface area contributed by atoms with Gasteiger partial charge < -0.3 is 15.2 Å².